The fourth-order valence-electron chi connectivity index (χ4n) is 3.72. The second-order valence-electron chi connectivity index (χ2n) is 6.38. The molecule has 2 saturated heterocycles. The molecule has 0 bridgehead atoms. The molecule has 0 N–H and O–H groups in total. The van der Waals surface area contributed by atoms with Gasteiger partial charge in [0, 0.05) is 31.1 Å². The highest BCUT2D eigenvalue weighted by atomic mass is 32.1. The molecule has 1 spiro atoms. The summed E-state index contributed by atoms with van der Waals surface area (Å²) in [4.78, 5) is 30.1. The molecule has 1 aromatic rings. The molecule has 5 heteroatoms. The van der Waals surface area contributed by atoms with E-state index in [4.69, 9.17) is 0 Å². The molecule has 3 rings (SSSR count). The van der Waals surface area contributed by atoms with E-state index in [0.717, 1.165) is 17.8 Å². The molecule has 0 radical (unpaired) electrons. The van der Waals surface area contributed by atoms with Crippen LogP contribution in [0.1, 0.15) is 18.2 Å². The van der Waals surface area contributed by atoms with Crippen LogP contribution >= 0.6 is 11.3 Å². The van der Waals surface area contributed by atoms with E-state index in [-0.39, 0.29) is 23.1 Å². The molecule has 4 nitrogen and oxygen atoms in total. The first-order valence-electron chi connectivity index (χ1n) is 7.77. The molecular weight excluding hydrogens is 296 g/mol. The van der Waals surface area contributed by atoms with E-state index in [9.17, 15) is 9.59 Å². The summed E-state index contributed by atoms with van der Waals surface area (Å²) in [5.74, 6) is 0.564. The summed E-state index contributed by atoms with van der Waals surface area (Å²) in [5.41, 5.74) is -0.367. The lowest BCUT2D eigenvalue weighted by molar-refractivity contribution is -0.137. The monoisotopic (exact) mass is 318 g/mol. The number of thiophene rings is 1. The summed E-state index contributed by atoms with van der Waals surface area (Å²) in [6.07, 6.45) is 3.07. The zero-order valence-electron chi connectivity index (χ0n) is 13.0. The number of nitrogens with zero attached hydrogens (tertiary/aromatic N) is 2. The second kappa shape index (κ2) is 5.88. The number of likely N-dealkylation sites (tertiary alicyclic amines) is 2. The van der Waals surface area contributed by atoms with Gasteiger partial charge in [0.1, 0.15) is 0 Å². The van der Waals surface area contributed by atoms with Gasteiger partial charge in [-0.25, -0.2) is 0 Å². The average molecular weight is 318 g/mol. The maximum atomic E-state index is 12.8. The van der Waals surface area contributed by atoms with E-state index in [1.807, 2.05) is 27.3 Å². The lowest BCUT2D eigenvalue weighted by Gasteiger charge is -2.26. The number of amides is 2. The first kappa shape index (κ1) is 15.3. The molecule has 2 fully saturated rings. The predicted molar refractivity (Wildman–Crippen MR) is 87.6 cm³/mol. The first-order valence-corrected chi connectivity index (χ1v) is 8.65. The zero-order chi connectivity index (χ0) is 15.7. The van der Waals surface area contributed by atoms with Crippen molar-refractivity contribution < 1.29 is 9.59 Å². The van der Waals surface area contributed by atoms with Crippen molar-refractivity contribution in [3.63, 3.8) is 0 Å². The Balaban J connectivity index is 1.70. The van der Waals surface area contributed by atoms with Crippen molar-refractivity contribution in [1.82, 2.24) is 9.80 Å². The van der Waals surface area contributed by atoms with Crippen LogP contribution in [0.25, 0.3) is 0 Å². The highest BCUT2D eigenvalue weighted by Crippen LogP contribution is 2.44. The third-order valence-electron chi connectivity index (χ3n) is 5.06. The average Bonchev–Trinajstić information content (AvgIpc) is 3.18. The normalized spacial score (nSPS) is 27.9. The van der Waals surface area contributed by atoms with Gasteiger partial charge in [-0.2, -0.15) is 0 Å². The molecule has 2 atom stereocenters. The van der Waals surface area contributed by atoms with E-state index >= 15 is 0 Å². The van der Waals surface area contributed by atoms with Crippen molar-refractivity contribution in [1.29, 1.82) is 0 Å². The Morgan fingerprint density at radius 3 is 3.09 bits per heavy atom. The fourth-order valence-corrected chi connectivity index (χ4v) is 4.42. The minimum absolute atomic E-state index is 0.140. The summed E-state index contributed by atoms with van der Waals surface area (Å²) in [6, 6.07) is 3.96. The van der Waals surface area contributed by atoms with Crippen molar-refractivity contribution >= 4 is 23.2 Å². The molecule has 2 amide bonds. The largest absolute Gasteiger partial charge is 0.341 e. The summed E-state index contributed by atoms with van der Waals surface area (Å²) >= 11 is 1.61. The Kier molecular flexibility index (Phi) is 4.08. The molecule has 22 heavy (non-hydrogen) atoms. The van der Waals surface area contributed by atoms with E-state index in [2.05, 4.69) is 13.5 Å². The highest BCUT2D eigenvalue weighted by Gasteiger charge is 2.55. The van der Waals surface area contributed by atoms with Gasteiger partial charge in [-0.15, -0.1) is 17.9 Å². The van der Waals surface area contributed by atoms with Crippen LogP contribution in [0.15, 0.2) is 30.2 Å². The minimum Gasteiger partial charge on any atom is -0.341 e. The van der Waals surface area contributed by atoms with Gasteiger partial charge in [-0.05, 0) is 23.8 Å². The molecular formula is C17H22N2O2S. The molecule has 118 valence electrons. The summed E-state index contributed by atoms with van der Waals surface area (Å²) in [5, 5.41) is 1.99. The van der Waals surface area contributed by atoms with E-state index < -0.39 is 0 Å². The lowest BCUT2D eigenvalue weighted by atomic mass is 9.78. The van der Waals surface area contributed by atoms with Gasteiger partial charge >= 0.3 is 0 Å². The van der Waals surface area contributed by atoms with E-state index in [1.54, 1.807) is 17.4 Å². The number of carbonyl (C=O) groups excluding carboxylic acids is 2. The highest BCUT2D eigenvalue weighted by molar-refractivity contribution is 7.10. The van der Waals surface area contributed by atoms with Crippen molar-refractivity contribution in [3.05, 3.63) is 35.0 Å². The van der Waals surface area contributed by atoms with E-state index in [1.165, 1.54) is 0 Å². The standard InChI is InChI=1S/C17H22N2O2S/c1-3-7-18-8-6-17(16(18)21)12-19(11-13(17)2)15(20)10-14-5-4-9-22-14/h3-5,9,13H,1,6-8,10-12H2,2H3/t13-,17-/m1/s1. The summed E-state index contributed by atoms with van der Waals surface area (Å²) < 4.78 is 0. The van der Waals surface area contributed by atoms with Gasteiger partial charge in [-0.3, -0.25) is 9.59 Å². The molecule has 0 aromatic carbocycles. The van der Waals surface area contributed by atoms with Gasteiger partial charge < -0.3 is 9.80 Å². The third kappa shape index (κ3) is 2.47. The summed E-state index contributed by atoms with van der Waals surface area (Å²) in [7, 11) is 0. The Morgan fingerprint density at radius 2 is 2.41 bits per heavy atom. The maximum absolute atomic E-state index is 12.8. The van der Waals surface area contributed by atoms with Crippen LogP contribution in [0.2, 0.25) is 0 Å². The molecule has 0 unspecified atom stereocenters. The van der Waals surface area contributed by atoms with Crippen LogP contribution in [0.4, 0.5) is 0 Å². The predicted octanol–water partition coefficient (Wildman–Crippen LogP) is 2.17. The Bertz CT molecular complexity index is 583. The molecule has 0 aliphatic carbocycles. The zero-order valence-corrected chi connectivity index (χ0v) is 13.8. The number of hydrogen-bond acceptors (Lipinski definition) is 3. The van der Waals surface area contributed by atoms with Crippen LogP contribution in [0.5, 0.6) is 0 Å². The van der Waals surface area contributed by atoms with Crippen molar-refractivity contribution in [3.8, 4) is 0 Å². The maximum Gasteiger partial charge on any atom is 0.231 e. The number of carbonyl (C=O) groups is 2. The van der Waals surface area contributed by atoms with Crippen molar-refractivity contribution in [2.75, 3.05) is 26.2 Å². The Morgan fingerprint density at radius 1 is 1.59 bits per heavy atom. The Hall–Kier alpha value is -1.62. The minimum atomic E-state index is -0.367. The molecule has 1 aromatic heterocycles. The van der Waals surface area contributed by atoms with Crippen LogP contribution < -0.4 is 0 Å². The topological polar surface area (TPSA) is 40.6 Å². The van der Waals surface area contributed by atoms with Crippen molar-refractivity contribution in [2.24, 2.45) is 11.3 Å². The van der Waals surface area contributed by atoms with Gasteiger partial charge in [-0.1, -0.05) is 19.1 Å². The second-order valence-corrected chi connectivity index (χ2v) is 7.41. The van der Waals surface area contributed by atoms with Gasteiger partial charge in [0.15, 0.2) is 0 Å². The third-order valence-corrected chi connectivity index (χ3v) is 5.94. The van der Waals surface area contributed by atoms with Gasteiger partial charge in [0.2, 0.25) is 11.8 Å². The summed E-state index contributed by atoms with van der Waals surface area (Å²) in [6.45, 7) is 8.48. The number of rotatable bonds is 4. The van der Waals surface area contributed by atoms with Crippen molar-refractivity contribution in [2.45, 2.75) is 19.8 Å². The fraction of sp³-hybridized carbons (Fsp3) is 0.529. The van der Waals surface area contributed by atoms with Gasteiger partial charge in [0.25, 0.3) is 0 Å². The van der Waals surface area contributed by atoms with Gasteiger partial charge in [0.05, 0.1) is 11.8 Å². The Labute approximate surface area is 135 Å². The van der Waals surface area contributed by atoms with Crippen LogP contribution in [0.3, 0.4) is 0 Å². The van der Waals surface area contributed by atoms with E-state index in [0.29, 0.717) is 26.1 Å². The molecule has 3 heterocycles. The molecule has 0 saturated carbocycles. The van der Waals surface area contributed by atoms with Crippen LogP contribution in [0, 0.1) is 11.3 Å². The van der Waals surface area contributed by atoms with Crippen LogP contribution in [-0.2, 0) is 16.0 Å². The smallest absolute Gasteiger partial charge is 0.231 e. The molecule has 2 aliphatic rings. The van der Waals surface area contributed by atoms with Crippen LogP contribution in [-0.4, -0.2) is 47.8 Å². The molecule has 2 aliphatic heterocycles. The SMILES string of the molecule is C=CCN1CC[C@]2(CN(C(=O)Cc3cccs3)C[C@H]2C)C1=O. The number of hydrogen-bond donors (Lipinski definition) is 0. The quantitative estimate of drug-likeness (QED) is 0.798. The lowest BCUT2D eigenvalue weighted by Crippen LogP contribution is -2.40. The first-order chi connectivity index (χ1) is 10.6.